The van der Waals surface area contributed by atoms with Gasteiger partial charge in [-0.05, 0) is 43.3 Å². The Labute approximate surface area is 160 Å². The lowest BCUT2D eigenvalue weighted by Crippen LogP contribution is -2.52. The lowest BCUT2D eigenvalue weighted by molar-refractivity contribution is 0.0656. The third-order valence-corrected chi connectivity index (χ3v) is 5.60. The van der Waals surface area contributed by atoms with E-state index in [-0.39, 0.29) is 29.3 Å². The van der Waals surface area contributed by atoms with Crippen molar-refractivity contribution < 1.29 is 13.2 Å². The van der Waals surface area contributed by atoms with Gasteiger partial charge < -0.3 is 10.2 Å². The second kappa shape index (κ2) is 8.53. The Morgan fingerprint density at radius 3 is 2.38 bits per heavy atom. The molecule has 2 aromatic carbocycles. The number of nitrogens with zero attached hydrogens (tertiary/aromatic N) is 1. The summed E-state index contributed by atoms with van der Waals surface area (Å²) in [6.07, 6.45) is 0. The molecule has 6 nitrogen and oxygen atoms in total. The van der Waals surface area contributed by atoms with Crippen LogP contribution in [0, 0.1) is 0 Å². The van der Waals surface area contributed by atoms with E-state index in [4.69, 9.17) is 0 Å². The summed E-state index contributed by atoms with van der Waals surface area (Å²) in [6, 6.07) is 14.8. The van der Waals surface area contributed by atoms with Crippen molar-refractivity contribution in [1.82, 2.24) is 10.2 Å². The van der Waals surface area contributed by atoms with Crippen molar-refractivity contribution in [2.24, 2.45) is 0 Å². The number of rotatable bonds is 4. The molecule has 1 fully saturated rings. The van der Waals surface area contributed by atoms with Gasteiger partial charge >= 0.3 is 0 Å². The van der Waals surface area contributed by atoms with Crippen molar-refractivity contribution >= 4 is 34.0 Å². The molecule has 0 spiro atoms. The van der Waals surface area contributed by atoms with Crippen LogP contribution in [0.15, 0.2) is 59.5 Å². The molecule has 1 amide bonds. The summed E-state index contributed by atoms with van der Waals surface area (Å²) >= 11 is 0. The molecule has 0 saturated carbocycles. The normalized spacial score (nSPS) is 17.3. The van der Waals surface area contributed by atoms with Crippen LogP contribution in [0.1, 0.15) is 17.3 Å². The molecule has 1 aliphatic heterocycles. The maximum absolute atomic E-state index is 12.6. The molecule has 140 valence electrons. The third-order valence-electron chi connectivity index (χ3n) is 4.20. The van der Waals surface area contributed by atoms with Crippen LogP contribution < -0.4 is 10.0 Å². The molecular formula is C18H22ClN3O3S. The minimum absolute atomic E-state index is 0. The average Bonchev–Trinajstić information content (AvgIpc) is 2.63. The quantitative estimate of drug-likeness (QED) is 0.832. The van der Waals surface area contributed by atoms with E-state index >= 15 is 0 Å². The highest BCUT2D eigenvalue weighted by Crippen LogP contribution is 2.18. The second-order valence-corrected chi connectivity index (χ2v) is 7.73. The Morgan fingerprint density at radius 1 is 1.12 bits per heavy atom. The summed E-state index contributed by atoms with van der Waals surface area (Å²) in [4.78, 5) is 14.6. The van der Waals surface area contributed by atoms with Gasteiger partial charge in [-0.3, -0.25) is 9.52 Å². The fourth-order valence-electron chi connectivity index (χ4n) is 2.80. The zero-order valence-corrected chi connectivity index (χ0v) is 16.0. The standard InChI is InChI=1S/C18H21N3O3S.ClH/c1-14-13-19-11-12-21(14)18(22)15-7-9-16(10-8-15)20-25(23,24)17-5-3-2-4-6-17;/h2-10,14,19-20H,11-13H2,1H3;1H/t14-;/m1./s1. The molecule has 0 aromatic heterocycles. The van der Waals surface area contributed by atoms with Gasteiger partial charge in [0.05, 0.1) is 4.90 Å². The monoisotopic (exact) mass is 395 g/mol. The fourth-order valence-corrected chi connectivity index (χ4v) is 3.88. The van der Waals surface area contributed by atoms with Gasteiger partial charge in [-0.25, -0.2) is 8.42 Å². The number of halogens is 1. The molecule has 1 saturated heterocycles. The van der Waals surface area contributed by atoms with Gasteiger partial charge in [-0.2, -0.15) is 0 Å². The van der Waals surface area contributed by atoms with E-state index in [1.54, 1.807) is 42.5 Å². The second-order valence-electron chi connectivity index (χ2n) is 6.05. The van der Waals surface area contributed by atoms with Gasteiger partial charge in [-0.1, -0.05) is 18.2 Å². The Bertz CT molecular complexity index is 842. The highest BCUT2D eigenvalue weighted by Gasteiger charge is 2.24. The van der Waals surface area contributed by atoms with Crippen LogP contribution in [0.2, 0.25) is 0 Å². The number of piperazine rings is 1. The number of hydrogen-bond donors (Lipinski definition) is 2. The number of benzene rings is 2. The molecule has 1 aliphatic rings. The molecule has 0 bridgehead atoms. The van der Waals surface area contributed by atoms with Gasteiger partial charge in [-0.15, -0.1) is 12.4 Å². The first kappa shape index (κ1) is 20.2. The number of sulfonamides is 1. The molecule has 0 unspecified atom stereocenters. The van der Waals surface area contributed by atoms with E-state index in [0.29, 0.717) is 17.8 Å². The van der Waals surface area contributed by atoms with Crippen molar-refractivity contribution in [1.29, 1.82) is 0 Å². The minimum Gasteiger partial charge on any atom is -0.333 e. The maximum atomic E-state index is 12.6. The first-order valence-electron chi connectivity index (χ1n) is 8.17. The molecule has 26 heavy (non-hydrogen) atoms. The van der Waals surface area contributed by atoms with Gasteiger partial charge in [0.2, 0.25) is 0 Å². The summed E-state index contributed by atoms with van der Waals surface area (Å²) in [7, 11) is -3.63. The number of hydrogen-bond acceptors (Lipinski definition) is 4. The van der Waals surface area contributed by atoms with Gasteiger partial charge in [0.25, 0.3) is 15.9 Å². The predicted molar refractivity (Wildman–Crippen MR) is 104 cm³/mol. The third kappa shape index (κ3) is 4.55. The van der Waals surface area contributed by atoms with Crippen molar-refractivity contribution in [3.05, 3.63) is 60.2 Å². The largest absolute Gasteiger partial charge is 0.333 e. The molecule has 2 N–H and O–H groups in total. The molecular weight excluding hydrogens is 374 g/mol. The van der Waals surface area contributed by atoms with E-state index in [1.807, 2.05) is 11.8 Å². The fraction of sp³-hybridized carbons (Fsp3) is 0.278. The lowest BCUT2D eigenvalue weighted by Gasteiger charge is -2.34. The van der Waals surface area contributed by atoms with Crippen LogP contribution in [0.5, 0.6) is 0 Å². The van der Waals surface area contributed by atoms with Gasteiger partial charge in [0.1, 0.15) is 0 Å². The minimum atomic E-state index is -3.63. The highest BCUT2D eigenvalue weighted by molar-refractivity contribution is 7.92. The summed E-state index contributed by atoms with van der Waals surface area (Å²) in [5.74, 6) is -0.0357. The number of carbonyl (C=O) groups excluding carboxylic acids is 1. The highest BCUT2D eigenvalue weighted by atomic mass is 35.5. The molecule has 2 aromatic rings. The number of carbonyl (C=O) groups is 1. The van der Waals surface area contributed by atoms with Crippen LogP contribution in [0.25, 0.3) is 0 Å². The smallest absolute Gasteiger partial charge is 0.261 e. The molecule has 0 aliphatic carbocycles. The zero-order chi connectivity index (χ0) is 17.9. The van der Waals surface area contributed by atoms with Crippen LogP contribution in [-0.4, -0.2) is 44.9 Å². The van der Waals surface area contributed by atoms with Crippen molar-refractivity contribution in [3.8, 4) is 0 Å². The van der Waals surface area contributed by atoms with Crippen LogP contribution in [0.3, 0.4) is 0 Å². The Hall–Kier alpha value is -2.09. The SMILES string of the molecule is C[C@@H]1CNCCN1C(=O)c1ccc(NS(=O)(=O)c2ccccc2)cc1.Cl. The maximum Gasteiger partial charge on any atom is 0.261 e. The number of nitrogens with one attached hydrogen (secondary N) is 2. The van der Waals surface area contributed by atoms with Gasteiger partial charge in [0, 0.05) is 36.9 Å². The lowest BCUT2D eigenvalue weighted by atomic mass is 10.1. The summed E-state index contributed by atoms with van der Waals surface area (Å²) < 4.78 is 27.2. The Morgan fingerprint density at radius 2 is 1.77 bits per heavy atom. The molecule has 1 atom stereocenters. The average molecular weight is 396 g/mol. The van der Waals surface area contributed by atoms with E-state index in [1.165, 1.54) is 12.1 Å². The van der Waals surface area contributed by atoms with Crippen LogP contribution in [-0.2, 0) is 10.0 Å². The Kier molecular flexibility index (Phi) is 6.63. The van der Waals surface area contributed by atoms with E-state index in [9.17, 15) is 13.2 Å². The molecule has 8 heteroatoms. The van der Waals surface area contributed by atoms with Crippen molar-refractivity contribution in [3.63, 3.8) is 0 Å². The van der Waals surface area contributed by atoms with Crippen LogP contribution >= 0.6 is 12.4 Å². The number of amides is 1. The van der Waals surface area contributed by atoms with Gasteiger partial charge in [0.15, 0.2) is 0 Å². The first-order chi connectivity index (χ1) is 12.0. The summed E-state index contributed by atoms with van der Waals surface area (Å²) in [5, 5.41) is 3.25. The van der Waals surface area contributed by atoms with E-state index < -0.39 is 10.0 Å². The predicted octanol–water partition coefficient (Wildman–Crippen LogP) is 2.34. The van der Waals surface area contributed by atoms with E-state index in [2.05, 4.69) is 10.0 Å². The summed E-state index contributed by atoms with van der Waals surface area (Å²) in [5.41, 5.74) is 0.977. The van der Waals surface area contributed by atoms with Crippen molar-refractivity contribution in [2.75, 3.05) is 24.4 Å². The van der Waals surface area contributed by atoms with Crippen LogP contribution in [0.4, 0.5) is 5.69 Å². The first-order valence-corrected chi connectivity index (χ1v) is 9.65. The molecule has 3 rings (SSSR count). The number of anilines is 1. The van der Waals surface area contributed by atoms with E-state index in [0.717, 1.165) is 13.1 Å². The molecule has 1 heterocycles. The topological polar surface area (TPSA) is 78.5 Å². The summed E-state index contributed by atoms with van der Waals surface area (Å²) in [6.45, 7) is 4.24. The van der Waals surface area contributed by atoms with Crippen molar-refractivity contribution in [2.45, 2.75) is 17.9 Å². The Balaban J connectivity index is 0.00000243. The zero-order valence-electron chi connectivity index (χ0n) is 14.4. The molecule has 0 radical (unpaired) electrons.